The number of benzene rings is 1. The molecule has 0 saturated carbocycles. The Hall–Kier alpha value is -1.88. The van der Waals surface area contributed by atoms with Crippen LogP contribution in [0.2, 0.25) is 0 Å². The first kappa shape index (κ1) is 15.2. The molecule has 0 spiro atoms. The van der Waals surface area contributed by atoms with Crippen LogP contribution in [0.4, 0.5) is 5.69 Å². The van der Waals surface area contributed by atoms with Crippen molar-refractivity contribution in [2.45, 2.75) is 32.7 Å². The van der Waals surface area contributed by atoms with Crippen LogP contribution in [-0.2, 0) is 4.79 Å². The Morgan fingerprint density at radius 1 is 1.37 bits per heavy atom. The smallest absolute Gasteiger partial charge is 0.251 e. The quantitative estimate of drug-likeness (QED) is 0.729. The molecule has 5 nitrogen and oxygen atoms in total. The van der Waals surface area contributed by atoms with Crippen molar-refractivity contribution in [3.8, 4) is 0 Å². The number of rotatable bonds is 6. The lowest BCUT2D eigenvalue weighted by Gasteiger charge is -2.13. The Labute approximate surface area is 113 Å². The van der Waals surface area contributed by atoms with Crippen LogP contribution >= 0.6 is 0 Å². The van der Waals surface area contributed by atoms with E-state index in [-0.39, 0.29) is 24.5 Å². The summed E-state index contributed by atoms with van der Waals surface area (Å²) < 4.78 is 0. The Morgan fingerprint density at radius 2 is 2.11 bits per heavy atom. The molecule has 0 heterocycles. The summed E-state index contributed by atoms with van der Waals surface area (Å²) in [4.78, 5) is 22.9. The number of hydrogen-bond donors (Lipinski definition) is 3. The van der Waals surface area contributed by atoms with E-state index >= 15 is 0 Å². The van der Waals surface area contributed by atoms with Gasteiger partial charge in [0.15, 0.2) is 0 Å². The van der Waals surface area contributed by atoms with E-state index in [9.17, 15) is 9.59 Å². The third-order valence-electron chi connectivity index (χ3n) is 2.62. The van der Waals surface area contributed by atoms with Crippen molar-refractivity contribution in [1.29, 1.82) is 0 Å². The predicted molar refractivity (Wildman–Crippen MR) is 74.0 cm³/mol. The first-order valence-electron chi connectivity index (χ1n) is 6.32. The van der Waals surface area contributed by atoms with Gasteiger partial charge in [-0.3, -0.25) is 9.59 Å². The minimum Gasteiger partial charge on any atom is -0.396 e. The summed E-state index contributed by atoms with van der Waals surface area (Å²) >= 11 is 0. The minimum atomic E-state index is -0.183. The van der Waals surface area contributed by atoms with Gasteiger partial charge in [0.2, 0.25) is 5.91 Å². The Balaban J connectivity index is 2.63. The average Bonchev–Trinajstić information content (AvgIpc) is 2.35. The second-order valence-electron chi connectivity index (χ2n) is 4.50. The molecule has 0 aliphatic carbocycles. The first-order valence-corrected chi connectivity index (χ1v) is 6.32. The minimum absolute atomic E-state index is 0.00377. The van der Waals surface area contributed by atoms with E-state index in [0.29, 0.717) is 17.7 Å². The Bertz CT molecular complexity index is 446. The van der Waals surface area contributed by atoms with Crippen molar-refractivity contribution in [3.63, 3.8) is 0 Å². The molecule has 0 fully saturated rings. The number of nitrogens with one attached hydrogen (secondary N) is 2. The van der Waals surface area contributed by atoms with Crippen LogP contribution in [0, 0.1) is 0 Å². The molecule has 1 unspecified atom stereocenters. The largest absolute Gasteiger partial charge is 0.396 e. The van der Waals surface area contributed by atoms with Crippen LogP contribution in [0.1, 0.15) is 37.0 Å². The van der Waals surface area contributed by atoms with E-state index in [0.717, 1.165) is 6.42 Å². The molecule has 0 aromatic heterocycles. The van der Waals surface area contributed by atoms with Gasteiger partial charge in [0.1, 0.15) is 0 Å². The highest BCUT2D eigenvalue weighted by Crippen LogP contribution is 2.11. The summed E-state index contributed by atoms with van der Waals surface area (Å²) in [6.45, 7) is 3.44. The molecule has 0 saturated heterocycles. The van der Waals surface area contributed by atoms with Crippen molar-refractivity contribution >= 4 is 17.5 Å². The number of carbonyl (C=O) groups is 2. The molecular weight excluding hydrogens is 244 g/mol. The maximum absolute atomic E-state index is 12.0. The zero-order valence-electron chi connectivity index (χ0n) is 11.3. The number of hydrogen-bond acceptors (Lipinski definition) is 3. The van der Waals surface area contributed by atoms with Gasteiger partial charge >= 0.3 is 0 Å². The second kappa shape index (κ2) is 7.53. The van der Waals surface area contributed by atoms with Gasteiger partial charge in [0, 0.05) is 30.8 Å². The molecule has 1 rings (SSSR count). The van der Waals surface area contributed by atoms with Crippen molar-refractivity contribution in [2.24, 2.45) is 0 Å². The van der Waals surface area contributed by atoms with Gasteiger partial charge in [-0.15, -0.1) is 0 Å². The van der Waals surface area contributed by atoms with Gasteiger partial charge in [-0.2, -0.15) is 0 Å². The Morgan fingerprint density at radius 3 is 2.74 bits per heavy atom. The zero-order chi connectivity index (χ0) is 14.3. The fourth-order valence-corrected chi connectivity index (χ4v) is 1.72. The van der Waals surface area contributed by atoms with Crippen LogP contribution in [0.3, 0.4) is 0 Å². The molecule has 0 aliphatic rings. The number of aliphatic hydroxyl groups excluding tert-OH is 1. The molecule has 1 atom stereocenters. The van der Waals surface area contributed by atoms with Crippen LogP contribution < -0.4 is 10.6 Å². The SMILES string of the molecule is CC(=O)Nc1cccc(C(=O)NC(C)CCCO)c1. The van der Waals surface area contributed by atoms with Gasteiger partial charge in [-0.05, 0) is 38.0 Å². The molecule has 5 heteroatoms. The van der Waals surface area contributed by atoms with E-state index in [4.69, 9.17) is 5.11 Å². The standard InChI is InChI=1S/C14H20N2O3/c1-10(5-4-8-17)15-14(19)12-6-3-7-13(9-12)16-11(2)18/h3,6-7,9-10,17H,4-5,8H2,1-2H3,(H,15,19)(H,16,18). The normalized spacial score (nSPS) is 11.7. The molecule has 1 aromatic rings. The monoisotopic (exact) mass is 264 g/mol. The summed E-state index contributed by atoms with van der Waals surface area (Å²) in [6, 6.07) is 6.78. The van der Waals surface area contributed by atoms with E-state index in [2.05, 4.69) is 10.6 Å². The summed E-state index contributed by atoms with van der Waals surface area (Å²) in [5.41, 5.74) is 1.10. The van der Waals surface area contributed by atoms with Crippen molar-refractivity contribution in [3.05, 3.63) is 29.8 Å². The van der Waals surface area contributed by atoms with E-state index in [1.807, 2.05) is 6.92 Å². The van der Waals surface area contributed by atoms with Gasteiger partial charge in [-0.25, -0.2) is 0 Å². The topological polar surface area (TPSA) is 78.4 Å². The fourth-order valence-electron chi connectivity index (χ4n) is 1.72. The highest BCUT2D eigenvalue weighted by Gasteiger charge is 2.10. The predicted octanol–water partition coefficient (Wildman–Crippen LogP) is 1.54. The molecule has 104 valence electrons. The maximum atomic E-state index is 12.0. The summed E-state index contributed by atoms with van der Waals surface area (Å²) in [5.74, 6) is -0.355. The zero-order valence-corrected chi connectivity index (χ0v) is 11.3. The van der Waals surface area contributed by atoms with Crippen LogP contribution in [0.5, 0.6) is 0 Å². The van der Waals surface area contributed by atoms with Gasteiger partial charge in [0.05, 0.1) is 0 Å². The lowest BCUT2D eigenvalue weighted by Crippen LogP contribution is -2.32. The van der Waals surface area contributed by atoms with Crippen molar-refractivity contribution in [1.82, 2.24) is 5.32 Å². The third kappa shape index (κ3) is 5.52. The summed E-state index contributed by atoms with van der Waals surface area (Å²) in [7, 11) is 0. The van der Waals surface area contributed by atoms with Crippen LogP contribution in [0.25, 0.3) is 0 Å². The van der Waals surface area contributed by atoms with Gasteiger partial charge in [-0.1, -0.05) is 6.07 Å². The summed E-state index contributed by atoms with van der Waals surface area (Å²) in [6.07, 6.45) is 1.39. The third-order valence-corrected chi connectivity index (χ3v) is 2.62. The number of aliphatic hydroxyl groups is 1. The summed E-state index contributed by atoms with van der Waals surface area (Å²) in [5, 5.41) is 14.2. The van der Waals surface area contributed by atoms with Crippen molar-refractivity contribution in [2.75, 3.05) is 11.9 Å². The van der Waals surface area contributed by atoms with Crippen LogP contribution in [-0.4, -0.2) is 29.6 Å². The van der Waals surface area contributed by atoms with E-state index in [1.54, 1.807) is 24.3 Å². The molecule has 2 amide bonds. The maximum Gasteiger partial charge on any atom is 0.251 e. The molecule has 3 N–H and O–H groups in total. The van der Waals surface area contributed by atoms with Crippen LogP contribution in [0.15, 0.2) is 24.3 Å². The fraction of sp³-hybridized carbons (Fsp3) is 0.429. The molecule has 19 heavy (non-hydrogen) atoms. The first-order chi connectivity index (χ1) is 9.02. The molecule has 0 radical (unpaired) electrons. The lowest BCUT2D eigenvalue weighted by atomic mass is 10.1. The average molecular weight is 264 g/mol. The van der Waals surface area contributed by atoms with E-state index in [1.165, 1.54) is 6.92 Å². The van der Waals surface area contributed by atoms with Crippen molar-refractivity contribution < 1.29 is 14.7 Å². The Kier molecular flexibility index (Phi) is 6.02. The molecule has 0 aliphatic heterocycles. The highest BCUT2D eigenvalue weighted by molar-refractivity contribution is 5.96. The number of amides is 2. The highest BCUT2D eigenvalue weighted by atomic mass is 16.3. The second-order valence-corrected chi connectivity index (χ2v) is 4.50. The number of anilines is 1. The molecule has 1 aromatic carbocycles. The van der Waals surface area contributed by atoms with Gasteiger partial charge < -0.3 is 15.7 Å². The van der Waals surface area contributed by atoms with E-state index < -0.39 is 0 Å². The van der Waals surface area contributed by atoms with Gasteiger partial charge in [0.25, 0.3) is 5.91 Å². The lowest BCUT2D eigenvalue weighted by molar-refractivity contribution is -0.114. The number of carbonyl (C=O) groups excluding carboxylic acids is 2. The molecule has 0 bridgehead atoms. The molecular formula is C14H20N2O3.